The molecule has 27 heavy (non-hydrogen) atoms. The average molecular weight is 372 g/mol. The molecule has 142 valence electrons. The summed E-state index contributed by atoms with van der Waals surface area (Å²) < 4.78 is 13.4. The van der Waals surface area contributed by atoms with Gasteiger partial charge in [-0.3, -0.25) is 9.59 Å². The molecule has 8 nitrogen and oxygen atoms in total. The number of piperazine rings is 1. The Morgan fingerprint density at radius 2 is 1.70 bits per heavy atom. The fourth-order valence-corrected chi connectivity index (χ4v) is 2.99. The normalized spacial score (nSPS) is 14.2. The average Bonchev–Trinajstić information content (AvgIpc) is 2.67. The molecule has 1 aromatic carbocycles. The zero-order valence-electron chi connectivity index (χ0n) is 15.2. The number of halogens is 1. The van der Waals surface area contributed by atoms with Gasteiger partial charge in [-0.15, -0.1) is 10.2 Å². The van der Waals surface area contributed by atoms with E-state index in [4.69, 9.17) is 5.73 Å². The van der Waals surface area contributed by atoms with Crippen molar-refractivity contribution in [2.45, 2.75) is 0 Å². The van der Waals surface area contributed by atoms with Gasteiger partial charge in [-0.05, 0) is 30.3 Å². The Morgan fingerprint density at radius 3 is 2.26 bits per heavy atom. The van der Waals surface area contributed by atoms with E-state index in [1.807, 2.05) is 9.80 Å². The van der Waals surface area contributed by atoms with E-state index in [2.05, 4.69) is 10.2 Å². The molecular weight excluding hydrogens is 351 g/mol. The quantitative estimate of drug-likeness (QED) is 0.851. The minimum Gasteiger partial charge on any atom is -0.367 e. The first-order valence-electron chi connectivity index (χ1n) is 8.51. The lowest BCUT2D eigenvalue weighted by Crippen LogP contribution is -2.47. The number of rotatable bonds is 4. The lowest BCUT2D eigenvalue weighted by molar-refractivity contribution is 0.0820. The van der Waals surface area contributed by atoms with Crippen LogP contribution in [0.1, 0.15) is 20.8 Å². The van der Waals surface area contributed by atoms with Crippen molar-refractivity contribution in [2.24, 2.45) is 5.73 Å². The minimum atomic E-state index is -0.654. The predicted molar refractivity (Wildman–Crippen MR) is 99.4 cm³/mol. The largest absolute Gasteiger partial charge is 0.367 e. The number of anilines is 2. The van der Waals surface area contributed by atoms with Crippen LogP contribution in [0, 0.1) is 5.82 Å². The van der Waals surface area contributed by atoms with Gasteiger partial charge >= 0.3 is 0 Å². The van der Waals surface area contributed by atoms with E-state index in [9.17, 15) is 14.0 Å². The zero-order valence-corrected chi connectivity index (χ0v) is 15.2. The molecule has 1 fully saturated rings. The molecule has 9 heteroatoms. The van der Waals surface area contributed by atoms with Gasteiger partial charge in [0.1, 0.15) is 5.82 Å². The van der Waals surface area contributed by atoms with E-state index in [0.29, 0.717) is 43.4 Å². The summed E-state index contributed by atoms with van der Waals surface area (Å²) in [6.07, 6.45) is 0. The number of hydrogen-bond donors (Lipinski definition) is 1. The van der Waals surface area contributed by atoms with Crippen molar-refractivity contribution in [2.75, 3.05) is 50.1 Å². The van der Waals surface area contributed by atoms with Gasteiger partial charge in [0.25, 0.3) is 11.8 Å². The van der Waals surface area contributed by atoms with Gasteiger partial charge in [-0.1, -0.05) is 0 Å². The fraction of sp³-hybridized carbons (Fsp3) is 0.333. The molecule has 0 bridgehead atoms. The van der Waals surface area contributed by atoms with Crippen LogP contribution in [-0.2, 0) is 0 Å². The number of aromatic nitrogens is 2. The van der Waals surface area contributed by atoms with Crippen LogP contribution in [0.3, 0.4) is 0 Å². The van der Waals surface area contributed by atoms with Gasteiger partial charge in [-0.25, -0.2) is 4.39 Å². The third kappa shape index (κ3) is 3.97. The summed E-state index contributed by atoms with van der Waals surface area (Å²) in [5.41, 5.74) is 6.47. The van der Waals surface area contributed by atoms with Gasteiger partial charge in [0, 0.05) is 46.0 Å². The van der Waals surface area contributed by atoms with Crippen LogP contribution in [0.5, 0.6) is 0 Å². The zero-order chi connectivity index (χ0) is 19.6. The lowest BCUT2D eigenvalue weighted by atomic mass is 10.1. The van der Waals surface area contributed by atoms with E-state index < -0.39 is 11.7 Å². The van der Waals surface area contributed by atoms with Crippen molar-refractivity contribution >= 4 is 23.3 Å². The Labute approximate surface area is 156 Å². The van der Waals surface area contributed by atoms with Crippen LogP contribution in [0.25, 0.3) is 0 Å². The highest BCUT2D eigenvalue weighted by molar-refractivity contribution is 5.98. The van der Waals surface area contributed by atoms with Gasteiger partial charge in [0.15, 0.2) is 11.5 Å². The molecule has 2 heterocycles. The van der Waals surface area contributed by atoms with Gasteiger partial charge in [0.2, 0.25) is 0 Å². The van der Waals surface area contributed by atoms with Crippen LogP contribution < -0.4 is 15.5 Å². The molecule has 1 aromatic heterocycles. The molecule has 0 atom stereocenters. The van der Waals surface area contributed by atoms with E-state index in [1.165, 1.54) is 11.0 Å². The van der Waals surface area contributed by atoms with Crippen LogP contribution in [0.2, 0.25) is 0 Å². The smallest absolute Gasteiger partial charge is 0.273 e. The molecule has 1 aliphatic heterocycles. The Morgan fingerprint density at radius 1 is 1.04 bits per heavy atom. The second-order valence-corrected chi connectivity index (χ2v) is 6.48. The topological polar surface area (TPSA) is 95.7 Å². The van der Waals surface area contributed by atoms with Gasteiger partial charge < -0.3 is 20.4 Å². The highest BCUT2D eigenvalue weighted by atomic mass is 19.1. The summed E-state index contributed by atoms with van der Waals surface area (Å²) in [5.74, 6) is -0.666. The van der Waals surface area contributed by atoms with Crippen molar-refractivity contribution in [3.63, 3.8) is 0 Å². The number of carbonyl (C=O) groups is 2. The van der Waals surface area contributed by atoms with Crippen LogP contribution in [0.4, 0.5) is 15.9 Å². The third-order valence-corrected chi connectivity index (χ3v) is 4.44. The second kappa shape index (κ2) is 7.56. The number of carbonyl (C=O) groups excluding carboxylic acids is 2. The number of benzene rings is 1. The standard InChI is InChI=1S/C18H21FN6O2/c1-23(2)18(27)14-4-6-16(22-21-14)25-9-7-24(8-10-25)15-5-3-12(19)11-13(15)17(20)26/h3-6,11H,7-10H2,1-2H3,(H2,20,26). The molecule has 0 saturated carbocycles. The number of primary amides is 1. The molecule has 0 unspecified atom stereocenters. The summed E-state index contributed by atoms with van der Waals surface area (Å²) in [5, 5.41) is 8.15. The first kappa shape index (κ1) is 18.6. The third-order valence-electron chi connectivity index (χ3n) is 4.44. The maximum absolute atomic E-state index is 13.4. The van der Waals surface area contributed by atoms with Crippen LogP contribution in [0.15, 0.2) is 30.3 Å². The van der Waals surface area contributed by atoms with Crippen molar-refractivity contribution in [1.82, 2.24) is 15.1 Å². The second-order valence-electron chi connectivity index (χ2n) is 6.48. The molecule has 1 saturated heterocycles. The first-order chi connectivity index (χ1) is 12.9. The Kier molecular flexibility index (Phi) is 5.20. The van der Waals surface area contributed by atoms with Crippen LogP contribution >= 0.6 is 0 Å². The van der Waals surface area contributed by atoms with Crippen molar-refractivity contribution in [3.8, 4) is 0 Å². The Bertz CT molecular complexity index is 847. The van der Waals surface area contributed by atoms with Crippen molar-refractivity contribution < 1.29 is 14.0 Å². The maximum Gasteiger partial charge on any atom is 0.273 e. The number of hydrogen-bond acceptors (Lipinski definition) is 6. The monoisotopic (exact) mass is 372 g/mol. The fourth-order valence-electron chi connectivity index (χ4n) is 2.99. The first-order valence-corrected chi connectivity index (χ1v) is 8.51. The van der Waals surface area contributed by atoms with E-state index in [0.717, 1.165) is 6.07 Å². The van der Waals surface area contributed by atoms with Crippen molar-refractivity contribution in [1.29, 1.82) is 0 Å². The number of amides is 2. The lowest BCUT2D eigenvalue weighted by Gasteiger charge is -2.37. The van der Waals surface area contributed by atoms with E-state index in [1.54, 1.807) is 32.3 Å². The summed E-state index contributed by atoms with van der Waals surface area (Å²) >= 11 is 0. The predicted octanol–water partition coefficient (Wildman–Crippen LogP) is 0.743. The highest BCUT2D eigenvalue weighted by Crippen LogP contribution is 2.24. The molecule has 2 N–H and O–H groups in total. The molecule has 0 spiro atoms. The Balaban J connectivity index is 1.69. The van der Waals surface area contributed by atoms with Crippen LogP contribution in [-0.4, -0.2) is 67.2 Å². The molecule has 1 aliphatic rings. The molecule has 0 radical (unpaired) electrons. The molecule has 2 aromatic rings. The molecule has 0 aliphatic carbocycles. The summed E-state index contributed by atoms with van der Waals surface area (Å²) in [7, 11) is 3.32. The number of nitrogens with two attached hydrogens (primary N) is 1. The minimum absolute atomic E-state index is 0.176. The van der Waals surface area contributed by atoms with E-state index in [-0.39, 0.29) is 11.5 Å². The molecule has 2 amide bonds. The highest BCUT2D eigenvalue weighted by Gasteiger charge is 2.22. The van der Waals surface area contributed by atoms with Gasteiger partial charge in [-0.2, -0.15) is 0 Å². The summed E-state index contributed by atoms with van der Waals surface area (Å²) in [4.78, 5) is 29.0. The molecule has 3 rings (SSSR count). The summed E-state index contributed by atoms with van der Waals surface area (Å²) in [6, 6.07) is 7.48. The van der Waals surface area contributed by atoms with Gasteiger partial charge in [0.05, 0.1) is 5.56 Å². The number of nitrogens with zero attached hydrogens (tertiary/aromatic N) is 5. The maximum atomic E-state index is 13.4. The summed E-state index contributed by atoms with van der Waals surface area (Å²) in [6.45, 7) is 2.52. The SMILES string of the molecule is CN(C)C(=O)c1ccc(N2CCN(c3ccc(F)cc3C(N)=O)CC2)nn1. The Hall–Kier alpha value is -3.23. The van der Waals surface area contributed by atoms with E-state index >= 15 is 0 Å². The molecular formula is C18H21FN6O2. The van der Waals surface area contributed by atoms with Crippen molar-refractivity contribution in [3.05, 3.63) is 47.4 Å².